The number of nitrogens with two attached hydrogens (primary N) is 1. The van der Waals surface area contributed by atoms with Gasteiger partial charge < -0.3 is 10.7 Å². The molecule has 0 fully saturated rings. The van der Waals surface area contributed by atoms with E-state index in [0.29, 0.717) is 5.56 Å². The maximum Gasteiger partial charge on any atom is 0.280 e. The van der Waals surface area contributed by atoms with Crippen LogP contribution in [0.5, 0.6) is 0 Å². The molecule has 0 atom stereocenters. The summed E-state index contributed by atoms with van der Waals surface area (Å²) in [6, 6.07) is 3.19. The van der Waals surface area contributed by atoms with E-state index >= 15 is 0 Å². The summed E-state index contributed by atoms with van der Waals surface area (Å²) in [5.41, 5.74) is 5.90. The number of rotatable bonds is 3. The largest absolute Gasteiger partial charge is 0.334 e. The zero-order valence-electron chi connectivity index (χ0n) is 9.79. The first-order valence-corrected chi connectivity index (χ1v) is 6.76. The molecule has 2 aromatic rings. The van der Waals surface area contributed by atoms with Gasteiger partial charge in [-0.15, -0.1) is 0 Å². The third-order valence-corrected chi connectivity index (χ3v) is 3.38. The van der Waals surface area contributed by atoms with Gasteiger partial charge in [0.25, 0.3) is 10.0 Å². The number of hydrogen-bond acceptors (Lipinski definition) is 5. The van der Waals surface area contributed by atoms with Gasteiger partial charge in [-0.2, -0.15) is 8.42 Å². The minimum absolute atomic E-state index is 0.0345. The topological polar surface area (TPSA) is 114 Å². The van der Waals surface area contributed by atoms with Gasteiger partial charge in [0, 0.05) is 11.8 Å². The lowest BCUT2D eigenvalue weighted by Gasteiger charge is -2.05. The number of anilines is 1. The molecule has 7 nitrogen and oxygen atoms in total. The van der Waals surface area contributed by atoms with Gasteiger partial charge in [-0.1, -0.05) is 11.8 Å². The SMILES string of the molecule is NCC#Cc1ccnc(NS(=O)(=O)c2cnc[nH]2)c1. The molecule has 0 unspecified atom stereocenters. The second-order valence-corrected chi connectivity index (χ2v) is 5.11. The predicted octanol–water partition coefficient (Wildman–Crippen LogP) is -0.0843. The highest BCUT2D eigenvalue weighted by Gasteiger charge is 2.16. The number of aromatic nitrogens is 3. The standard InChI is InChI=1S/C11H11N5O2S/c12-4-1-2-9-3-5-14-10(6-9)16-19(17,18)11-7-13-8-15-11/h3,5-8H,4,12H2,(H,13,15)(H,14,16). The number of aromatic amines is 1. The molecule has 0 aliphatic rings. The molecule has 0 aliphatic heterocycles. The molecule has 2 rings (SSSR count). The number of hydrogen-bond donors (Lipinski definition) is 3. The Morgan fingerprint density at radius 2 is 2.32 bits per heavy atom. The molecule has 8 heteroatoms. The summed E-state index contributed by atoms with van der Waals surface area (Å²) in [4.78, 5) is 10.1. The van der Waals surface area contributed by atoms with Crippen molar-refractivity contribution in [3.63, 3.8) is 0 Å². The van der Waals surface area contributed by atoms with Gasteiger partial charge in [0.2, 0.25) is 0 Å². The van der Waals surface area contributed by atoms with Crippen molar-refractivity contribution in [3.8, 4) is 11.8 Å². The summed E-state index contributed by atoms with van der Waals surface area (Å²) in [7, 11) is -3.71. The summed E-state index contributed by atoms with van der Waals surface area (Å²) in [5, 5.41) is -0.0345. The second kappa shape index (κ2) is 5.51. The maximum absolute atomic E-state index is 11.9. The first-order valence-electron chi connectivity index (χ1n) is 5.28. The van der Waals surface area contributed by atoms with Crippen molar-refractivity contribution >= 4 is 15.8 Å². The van der Waals surface area contributed by atoms with Gasteiger partial charge in [0.05, 0.1) is 19.1 Å². The van der Waals surface area contributed by atoms with E-state index in [0.717, 1.165) is 0 Å². The van der Waals surface area contributed by atoms with Gasteiger partial charge in [-0.25, -0.2) is 9.97 Å². The quantitative estimate of drug-likeness (QED) is 0.679. The highest BCUT2D eigenvalue weighted by atomic mass is 32.2. The van der Waals surface area contributed by atoms with Crippen LogP contribution < -0.4 is 10.5 Å². The molecular weight excluding hydrogens is 266 g/mol. The molecule has 0 spiro atoms. The molecule has 0 aromatic carbocycles. The number of H-pyrrole nitrogens is 1. The van der Waals surface area contributed by atoms with Crippen LogP contribution in [-0.2, 0) is 10.0 Å². The van der Waals surface area contributed by atoms with Crippen LogP contribution >= 0.6 is 0 Å². The van der Waals surface area contributed by atoms with Crippen LogP contribution in [0.4, 0.5) is 5.82 Å². The van der Waals surface area contributed by atoms with Crippen molar-refractivity contribution < 1.29 is 8.42 Å². The fourth-order valence-electron chi connectivity index (χ4n) is 1.30. The van der Waals surface area contributed by atoms with Gasteiger partial charge >= 0.3 is 0 Å². The molecule has 0 saturated heterocycles. The van der Waals surface area contributed by atoms with E-state index < -0.39 is 10.0 Å². The van der Waals surface area contributed by atoms with Crippen molar-refractivity contribution in [1.82, 2.24) is 15.0 Å². The van der Waals surface area contributed by atoms with Crippen molar-refractivity contribution in [2.75, 3.05) is 11.3 Å². The molecule has 0 radical (unpaired) electrons. The number of pyridine rings is 1. The Morgan fingerprint density at radius 1 is 1.47 bits per heavy atom. The molecular formula is C11H11N5O2S. The lowest BCUT2D eigenvalue weighted by molar-refractivity contribution is 0.598. The zero-order chi connectivity index (χ0) is 13.7. The lowest BCUT2D eigenvalue weighted by atomic mass is 10.2. The zero-order valence-corrected chi connectivity index (χ0v) is 10.6. The lowest BCUT2D eigenvalue weighted by Crippen LogP contribution is -2.14. The molecule has 0 amide bonds. The molecule has 0 bridgehead atoms. The molecule has 4 N–H and O–H groups in total. The average Bonchev–Trinajstić information content (AvgIpc) is 2.91. The van der Waals surface area contributed by atoms with Crippen LogP contribution in [0.2, 0.25) is 0 Å². The Bertz CT molecular complexity index is 713. The molecule has 2 aromatic heterocycles. The molecule has 0 aliphatic carbocycles. The van der Waals surface area contributed by atoms with Crippen LogP contribution in [-0.4, -0.2) is 29.9 Å². The first kappa shape index (κ1) is 13.1. The monoisotopic (exact) mass is 277 g/mol. The van der Waals surface area contributed by atoms with E-state index in [4.69, 9.17) is 5.73 Å². The highest BCUT2D eigenvalue weighted by molar-refractivity contribution is 7.92. The number of imidazole rings is 1. The van der Waals surface area contributed by atoms with E-state index in [-0.39, 0.29) is 17.4 Å². The first-order chi connectivity index (χ1) is 9.12. The normalized spacial score (nSPS) is 10.6. The molecule has 98 valence electrons. The minimum Gasteiger partial charge on any atom is -0.334 e. The Kier molecular flexibility index (Phi) is 3.79. The second-order valence-electron chi connectivity index (χ2n) is 3.46. The molecule has 2 heterocycles. The van der Waals surface area contributed by atoms with Crippen LogP contribution in [0.15, 0.2) is 35.9 Å². The Hall–Kier alpha value is -2.37. The maximum atomic E-state index is 11.9. The van der Waals surface area contributed by atoms with Crippen LogP contribution in [0.3, 0.4) is 0 Å². The highest BCUT2D eigenvalue weighted by Crippen LogP contribution is 2.12. The van der Waals surface area contributed by atoms with E-state index in [1.54, 1.807) is 6.07 Å². The van der Waals surface area contributed by atoms with E-state index in [1.165, 1.54) is 24.8 Å². The number of sulfonamides is 1. The average molecular weight is 277 g/mol. The summed E-state index contributed by atoms with van der Waals surface area (Å²) in [5.74, 6) is 5.65. The Balaban J connectivity index is 2.25. The van der Waals surface area contributed by atoms with Crippen molar-refractivity contribution in [3.05, 3.63) is 36.4 Å². The van der Waals surface area contributed by atoms with Gasteiger partial charge in [-0.05, 0) is 12.1 Å². The summed E-state index contributed by atoms with van der Waals surface area (Å²) < 4.78 is 26.1. The van der Waals surface area contributed by atoms with Crippen LogP contribution in [0.1, 0.15) is 5.56 Å². The van der Waals surface area contributed by atoms with Crippen molar-refractivity contribution in [2.24, 2.45) is 5.73 Å². The minimum atomic E-state index is -3.71. The fourth-order valence-corrected chi connectivity index (χ4v) is 2.20. The summed E-state index contributed by atoms with van der Waals surface area (Å²) >= 11 is 0. The van der Waals surface area contributed by atoms with E-state index in [2.05, 4.69) is 31.5 Å². The molecule has 19 heavy (non-hydrogen) atoms. The van der Waals surface area contributed by atoms with Gasteiger partial charge in [-0.3, -0.25) is 4.72 Å². The third-order valence-electron chi connectivity index (χ3n) is 2.10. The van der Waals surface area contributed by atoms with Crippen molar-refractivity contribution in [2.45, 2.75) is 5.03 Å². The summed E-state index contributed by atoms with van der Waals surface area (Å²) in [6.45, 7) is 0.234. The third kappa shape index (κ3) is 3.31. The van der Waals surface area contributed by atoms with Crippen LogP contribution in [0.25, 0.3) is 0 Å². The number of nitrogens with zero attached hydrogens (tertiary/aromatic N) is 2. The van der Waals surface area contributed by atoms with Crippen LogP contribution in [0, 0.1) is 11.8 Å². The fraction of sp³-hybridized carbons (Fsp3) is 0.0909. The smallest absolute Gasteiger partial charge is 0.280 e. The Labute approximate surface area is 110 Å². The Morgan fingerprint density at radius 3 is 3.00 bits per heavy atom. The van der Waals surface area contributed by atoms with E-state index in [9.17, 15) is 8.42 Å². The van der Waals surface area contributed by atoms with E-state index in [1.807, 2.05) is 0 Å². The predicted molar refractivity (Wildman–Crippen MR) is 69.6 cm³/mol. The number of nitrogens with one attached hydrogen (secondary N) is 2. The van der Waals surface area contributed by atoms with Gasteiger partial charge in [0.1, 0.15) is 5.82 Å². The van der Waals surface area contributed by atoms with Gasteiger partial charge in [0.15, 0.2) is 5.03 Å². The van der Waals surface area contributed by atoms with Crippen molar-refractivity contribution in [1.29, 1.82) is 0 Å². The summed E-state index contributed by atoms with van der Waals surface area (Å²) in [6.07, 6.45) is 3.96. The molecule has 0 saturated carbocycles.